The zero-order chi connectivity index (χ0) is 14.1. The third kappa shape index (κ3) is 7.36. The van der Waals surface area contributed by atoms with Crippen molar-refractivity contribution in [2.24, 2.45) is 5.73 Å². The fourth-order valence-corrected chi connectivity index (χ4v) is 1.64. The lowest BCUT2D eigenvalue weighted by atomic mass is 10.1. The molecule has 0 aromatic heterocycles. The molecule has 0 saturated carbocycles. The van der Waals surface area contributed by atoms with E-state index in [0.29, 0.717) is 26.1 Å². The highest BCUT2D eigenvalue weighted by Gasteiger charge is 2.01. The quantitative estimate of drug-likeness (QED) is 0.724. The number of nitrogens with two attached hydrogens (primary N) is 1. The summed E-state index contributed by atoms with van der Waals surface area (Å²) in [4.78, 5) is 11.4. The van der Waals surface area contributed by atoms with Crippen LogP contribution in [-0.4, -0.2) is 25.6 Å². The molecule has 0 atom stereocenters. The predicted octanol–water partition coefficient (Wildman–Crippen LogP) is 2.35. The maximum Gasteiger partial charge on any atom is 0.220 e. The molecule has 0 fully saturated rings. The van der Waals surface area contributed by atoms with Gasteiger partial charge in [0, 0.05) is 13.0 Å². The van der Waals surface area contributed by atoms with Crippen LogP contribution in [0.2, 0.25) is 0 Å². The second kappa shape index (κ2) is 10.5. The fourth-order valence-electron chi connectivity index (χ4n) is 1.64. The zero-order valence-electron chi connectivity index (χ0n) is 12.3. The van der Waals surface area contributed by atoms with Crippen LogP contribution >= 0.6 is 12.4 Å². The van der Waals surface area contributed by atoms with Gasteiger partial charge in [0.05, 0.1) is 6.61 Å². The lowest BCUT2D eigenvalue weighted by Gasteiger charge is -2.08. The largest absolute Gasteiger partial charge is 0.494 e. The smallest absolute Gasteiger partial charge is 0.220 e. The van der Waals surface area contributed by atoms with Gasteiger partial charge in [-0.25, -0.2) is 0 Å². The van der Waals surface area contributed by atoms with E-state index in [1.165, 1.54) is 11.1 Å². The third-order valence-electron chi connectivity index (χ3n) is 3.00. The molecule has 0 aliphatic heterocycles. The first-order chi connectivity index (χ1) is 9.13. The number of benzene rings is 1. The van der Waals surface area contributed by atoms with Gasteiger partial charge in [-0.1, -0.05) is 6.07 Å². The van der Waals surface area contributed by atoms with Crippen molar-refractivity contribution < 1.29 is 9.53 Å². The third-order valence-corrected chi connectivity index (χ3v) is 3.00. The molecule has 0 spiro atoms. The number of halogens is 1. The molecule has 3 N–H and O–H groups in total. The Morgan fingerprint density at radius 2 is 2.00 bits per heavy atom. The Balaban J connectivity index is 0.00000361. The molecule has 0 aliphatic rings. The van der Waals surface area contributed by atoms with Gasteiger partial charge in [0.25, 0.3) is 0 Å². The Bertz CT molecular complexity index is 411. The molecule has 0 aliphatic carbocycles. The molecule has 5 heteroatoms. The molecule has 0 saturated heterocycles. The summed E-state index contributed by atoms with van der Waals surface area (Å²) in [5, 5.41) is 2.82. The SMILES string of the molecule is Cc1ccc(OCCCC(=O)NCCCN)cc1C.Cl. The van der Waals surface area contributed by atoms with E-state index in [4.69, 9.17) is 10.5 Å². The van der Waals surface area contributed by atoms with Gasteiger partial charge in [0.1, 0.15) is 5.75 Å². The molecule has 0 radical (unpaired) electrons. The number of carbonyl (C=O) groups is 1. The van der Waals surface area contributed by atoms with Gasteiger partial charge < -0.3 is 15.8 Å². The minimum absolute atomic E-state index is 0. The number of hydrogen-bond acceptors (Lipinski definition) is 3. The number of hydrogen-bond donors (Lipinski definition) is 2. The van der Waals surface area contributed by atoms with Crippen molar-refractivity contribution in [1.29, 1.82) is 0 Å². The lowest BCUT2D eigenvalue weighted by Crippen LogP contribution is -2.26. The fraction of sp³-hybridized carbons (Fsp3) is 0.533. The molecule has 1 amide bonds. The summed E-state index contributed by atoms with van der Waals surface area (Å²) >= 11 is 0. The number of nitrogens with one attached hydrogen (secondary N) is 1. The molecule has 1 aromatic carbocycles. The Labute approximate surface area is 127 Å². The van der Waals surface area contributed by atoms with Gasteiger partial charge >= 0.3 is 0 Å². The van der Waals surface area contributed by atoms with Gasteiger partial charge in [0.2, 0.25) is 5.91 Å². The second-order valence-corrected chi connectivity index (χ2v) is 4.69. The Morgan fingerprint density at radius 1 is 1.25 bits per heavy atom. The van der Waals surface area contributed by atoms with Crippen LogP contribution in [0.5, 0.6) is 5.75 Å². The minimum atomic E-state index is 0. The van der Waals surface area contributed by atoms with E-state index < -0.39 is 0 Å². The van der Waals surface area contributed by atoms with Crippen LogP contribution in [0.15, 0.2) is 18.2 Å². The van der Waals surface area contributed by atoms with Gasteiger partial charge in [-0.2, -0.15) is 0 Å². The van der Waals surface area contributed by atoms with Crippen LogP contribution in [-0.2, 0) is 4.79 Å². The van der Waals surface area contributed by atoms with Crippen LogP contribution in [0.1, 0.15) is 30.4 Å². The summed E-state index contributed by atoms with van der Waals surface area (Å²) in [7, 11) is 0. The van der Waals surface area contributed by atoms with Gasteiger partial charge in [-0.05, 0) is 56.5 Å². The van der Waals surface area contributed by atoms with E-state index in [-0.39, 0.29) is 18.3 Å². The number of carbonyl (C=O) groups excluding carboxylic acids is 1. The maximum absolute atomic E-state index is 11.4. The Hall–Kier alpha value is -1.26. The number of rotatable bonds is 8. The average molecular weight is 301 g/mol. The van der Waals surface area contributed by atoms with E-state index in [9.17, 15) is 4.79 Å². The zero-order valence-corrected chi connectivity index (χ0v) is 13.1. The summed E-state index contributed by atoms with van der Waals surface area (Å²) in [5.41, 5.74) is 7.83. The van der Waals surface area contributed by atoms with E-state index in [0.717, 1.165) is 18.6 Å². The van der Waals surface area contributed by atoms with Crippen molar-refractivity contribution in [1.82, 2.24) is 5.32 Å². The first-order valence-corrected chi connectivity index (χ1v) is 6.80. The van der Waals surface area contributed by atoms with Crippen molar-refractivity contribution >= 4 is 18.3 Å². The molecule has 0 bridgehead atoms. The van der Waals surface area contributed by atoms with Crippen molar-refractivity contribution in [2.75, 3.05) is 19.7 Å². The summed E-state index contributed by atoms with van der Waals surface area (Å²) in [6, 6.07) is 6.03. The van der Waals surface area contributed by atoms with E-state index in [1.54, 1.807) is 0 Å². The average Bonchev–Trinajstić information content (AvgIpc) is 2.39. The molecule has 0 unspecified atom stereocenters. The Kier molecular flexibility index (Phi) is 9.86. The second-order valence-electron chi connectivity index (χ2n) is 4.69. The lowest BCUT2D eigenvalue weighted by molar-refractivity contribution is -0.121. The molecule has 1 rings (SSSR count). The van der Waals surface area contributed by atoms with E-state index in [1.807, 2.05) is 18.2 Å². The minimum Gasteiger partial charge on any atom is -0.494 e. The van der Waals surface area contributed by atoms with Crippen LogP contribution in [0.25, 0.3) is 0 Å². The molecule has 20 heavy (non-hydrogen) atoms. The van der Waals surface area contributed by atoms with Crippen molar-refractivity contribution in [3.05, 3.63) is 29.3 Å². The van der Waals surface area contributed by atoms with Crippen molar-refractivity contribution in [3.8, 4) is 5.75 Å². The predicted molar refractivity (Wildman–Crippen MR) is 84.6 cm³/mol. The summed E-state index contributed by atoms with van der Waals surface area (Å²) in [6.45, 7) is 5.97. The van der Waals surface area contributed by atoms with Gasteiger partial charge in [0.15, 0.2) is 0 Å². The standard InChI is InChI=1S/C15H24N2O2.ClH/c1-12-6-7-14(11-13(12)2)19-10-3-5-15(18)17-9-4-8-16;/h6-7,11H,3-5,8-10,16H2,1-2H3,(H,17,18);1H. The molecular weight excluding hydrogens is 276 g/mol. The monoisotopic (exact) mass is 300 g/mol. The van der Waals surface area contributed by atoms with Crippen LogP contribution in [0.4, 0.5) is 0 Å². The summed E-state index contributed by atoms with van der Waals surface area (Å²) in [5.74, 6) is 0.934. The summed E-state index contributed by atoms with van der Waals surface area (Å²) < 4.78 is 5.62. The summed E-state index contributed by atoms with van der Waals surface area (Å²) in [6.07, 6.45) is 2.04. The highest BCUT2D eigenvalue weighted by molar-refractivity contribution is 5.85. The highest BCUT2D eigenvalue weighted by Crippen LogP contribution is 2.16. The molecular formula is C15H25ClN2O2. The highest BCUT2D eigenvalue weighted by atomic mass is 35.5. The maximum atomic E-state index is 11.4. The molecule has 1 aromatic rings. The number of aryl methyl sites for hydroxylation is 2. The van der Waals surface area contributed by atoms with Crippen LogP contribution in [0.3, 0.4) is 0 Å². The molecule has 0 heterocycles. The first-order valence-electron chi connectivity index (χ1n) is 6.80. The Morgan fingerprint density at radius 3 is 2.65 bits per heavy atom. The van der Waals surface area contributed by atoms with Crippen LogP contribution < -0.4 is 15.8 Å². The number of amides is 1. The van der Waals surface area contributed by atoms with E-state index >= 15 is 0 Å². The van der Waals surface area contributed by atoms with Crippen LogP contribution in [0, 0.1) is 13.8 Å². The van der Waals surface area contributed by atoms with Gasteiger partial charge in [-0.3, -0.25) is 4.79 Å². The first kappa shape index (κ1) is 18.7. The van der Waals surface area contributed by atoms with Crippen molar-refractivity contribution in [2.45, 2.75) is 33.1 Å². The number of ether oxygens (including phenoxy) is 1. The normalized spacial score (nSPS) is 9.75. The van der Waals surface area contributed by atoms with E-state index in [2.05, 4.69) is 19.2 Å². The topological polar surface area (TPSA) is 64.3 Å². The van der Waals surface area contributed by atoms with Crippen molar-refractivity contribution in [3.63, 3.8) is 0 Å². The molecule has 114 valence electrons. The van der Waals surface area contributed by atoms with Gasteiger partial charge in [-0.15, -0.1) is 12.4 Å². The molecule has 4 nitrogen and oxygen atoms in total.